The lowest BCUT2D eigenvalue weighted by atomic mass is 10.1. The van der Waals surface area contributed by atoms with Crippen molar-refractivity contribution in [3.63, 3.8) is 0 Å². The maximum Gasteiger partial charge on any atom is 0.146 e. The van der Waals surface area contributed by atoms with Crippen molar-refractivity contribution in [2.75, 3.05) is 13.2 Å². The van der Waals surface area contributed by atoms with Gasteiger partial charge in [-0.1, -0.05) is 143 Å². The zero-order valence-electron chi connectivity index (χ0n) is 33.2. The van der Waals surface area contributed by atoms with Gasteiger partial charge in [-0.05, 0) is 93.7 Å². The number of rotatable bonds is 21. The highest BCUT2D eigenvalue weighted by molar-refractivity contribution is 9.12. The molecular weight excluding hydrogens is 705 g/mol. The van der Waals surface area contributed by atoms with Gasteiger partial charge in [0.15, 0.2) is 0 Å². The van der Waals surface area contributed by atoms with E-state index in [4.69, 9.17) is 9.47 Å². The molecule has 276 valence electrons. The van der Waals surface area contributed by atoms with Crippen molar-refractivity contribution in [3.05, 3.63) is 69.8 Å². The zero-order valence-corrected chi connectivity index (χ0v) is 35.8. The van der Waals surface area contributed by atoms with Crippen molar-refractivity contribution in [2.24, 2.45) is 0 Å². The molecule has 0 spiro atoms. The summed E-state index contributed by atoms with van der Waals surface area (Å²) in [6.07, 6.45) is 15.1. The van der Waals surface area contributed by atoms with E-state index in [0.717, 1.165) is 59.4 Å². The molecule has 0 aliphatic rings. The minimum atomic E-state index is -1.87. The Kier molecular flexibility index (Phi) is 22.8. The lowest BCUT2D eigenvalue weighted by molar-refractivity contribution is 0.116. The topological polar surface area (TPSA) is 18.5 Å². The van der Waals surface area contributed by atoms with Crippen molar-refractivity contribution in [1.82, 2.24) is 0 Å². The van der Waals surface area contributed by atoms with Gasteiger partial charge in [-0.15, -0.1) is 5.54 Å². The summed E-state index contributed by atoms with van der Waals surface area (Å²) >= 11 is 3.25. The fraction of sp³-hybridized carbons (Fsp3) is 0.574. The molecule has 0 saturated carbocycles. The van der Waals surface area contributed by atoms with Crippen LogP contribution in [0.1, 0.15) is 166 Å². The summed E-state index contributed by atoms with van der Waals surface area (Å²) in [7, 11) is -1.87. The second-order valence-corrected chi connectivity index (χ2v) is 20.8. The smallest absolute Gasteiger partial charge is 0.146 e. The molecular formula is C47H65BrO2Si. The second kappa shape index (κ2) is 26.1. The molecule has 0 aliphatic heterocycles. The van der Waals surface area contributed by atoms with Crippen molar-refractivity contribution in [2.45, 2.75) is 162 Å². The molecule has 0 unspecified atom stereocenters. The lowest BCUT2D eigenvalue weighted by Crippen LogP contribution is -2.43. The van der Waals surface area contributed by atoms with Crippen LogP contribution in [-0.2, 0) is 22.7 Å². The summed E-state index contributed by atoms with van der Waals surface area (Å²) in [5.74, 6) is 19.5. The third-order valence-electron chi connectivity index (χ3n) is 9.76. The molecule has 0 bridgehead atoms. The van der Waals surface area contributed by atoms with Gasteiger partial charge in [-0.25, -0.2) is 0 Å². The predicted molar refractivity (Wildman–Crippen MR) is 226 cm³/mol. The largest absolute Gasteiger partial charge is 0.377 e. The Balaban J connectivity index is 2.28. The zero-order chi connectivity index (χ0) is 37.3. The monoisotopic (exact) mass is 768 g/mol. The third kappa shape index (κ3) is 17.1. The van der Waals surface area contributed by atoms with E-state index in [1.165, 1.54) is 64.2 Å². The Bertz CT molecular complexity index is 1540. The standard InChI is InChI=1S/C47H65BrO2Si/c1-9-11-13-15-17-21-28-49-37-46-33-42(31-44(35-46)25-27-48)23-19-20-24-43-32-45(26-30-51(39(3)4,40(5)6)41(7)8)36-47(34-43)38-50-29-22-18-16-14-12-10-2/h31-36,39-41H,9-18,21-22,28-29,37-38H2,1-8H3. The minimum absolute atomic E-state index is 0.555. The van der Waals surface area contributed by atoms with Crippen LogP contribution in [0.5, 0.6) is 0 Å². The highest BCUT2D eigenvalue weighted by Crippen LogP contribution is 2.40. The van der Waals surface area contributed by atoms with Crippen LogP contribution in [0.25, 0.3) is 0 Å². The lowest BCUT2D eigenvalue weighted by Gasteiger charge is -2.38. The Labute approximate surface area is 323 Å². The fourth-order valence-corrected chi connectivity index (χ4v) is 12.5. The maximum absolute atomic E-state index is 6.14. The second-order valence-electron chi connectivity index (χ2n) is 14.8. The number of ether oxygens (including phenoxy) is 2. The molecule has 0 aliphatic carbocycles. The number of hydrogen-bond donors (Lipinski definition) is 0. The van der Waals surface area contributed by atoms with Crippen LogP contribution < -0.4 is 0 Å². The van der Waals surface area contributed by atoms with E-state index < -0.39 is 8.07 Å². The van der Waals surface area contributed by atoms with E-state index in [0.29, 0.717) is 29.8 Å². The Morgan fingerprint density at radius 2 is 0.882 bits per heavy atom. The van der Waals surface area contributed by atoms with Crippen molar-refractivity contribution >= 4 is 24.0 Å². The van der Waals surface area contributed by atoms with Gasteiger partial charge in [-0.2, -0.15) is 0 Å². The molecule has 0 heterocycles. The molecule has 0 amide bonds. The van der Waals surface area contributed by atoms with Gasteiger partial charge in [0, 0.05) is 51.4 Å². The van der Waals surface area contributed by atoms with Crippen LogP contribution in [0.3, 0.4) is 0 Å². The maximum atomic E-state index is 6.14. The first-order chi connectivity index (χ1) is 24.7. The molecule has 2 nitrogen and oxygen atoms in total. The van der Waals surface area contributed by atoms with Gasteiger partial charge in [0.2, 0.25) is 0 Å². The summed E-state index contributed by atoms with van der Waals surface area (Å²) in [5, 5.41) is 0. The van der Waals surface area contributed by atoms with Gasteiger partial charge in [0.05, 0.1) is 13.2 Å². The first-order valence-electron chi connectivity index (χ1n) is 19.8. The van der Waals surface area contributed by atoms with Crippen molar-refractivity contribution < 1.29 is 9.47 Å². The van der Waals surface area contributed by atoms with Gasteiger partial charge in [0.1, 0.15) is 8.07 Å². The number of hydrogen-bond acceptors (Lipinski definition) is 2. The average molecular weight is 770 g/mol. The van der Waals surface area contributed by atoms with E-state index >= 15 is 0 Å². The third-order valence-corrected chi connectivity index (χ3v) is 16.3. The van der Waals surface area contributed by atoms with E-state index in [2.05, 4.69) is 148 Å². The molecule has 0 N–H and O–H groups in total. The molecule has 0 radical (unpaired) electrons. The summed E-state index contributed by atoms with van der Waals surface area (Å²) in [6, 6.07) is 12.6. The van der Waals surface area contributed by atoms with E-state index in [-0.39, 0.29) is 0 Å². The highest BCUT2D eigenvalue weighted by Gasteiger charge is 2.41. The highest BCUT2D eigenvalue weighted by atomic mass is 79.9. The Morgan fingerprint density at radius 3 is 1.27 bits per heavy atom. The molecule has 0 fully saturated rings. The molecule has 2 aromatic carbocycles. The normalized spacial score (nSPS) is 11.0. The molecule has 4 heteroatoms. The number of benzene rings is 2. The van der Waals surface area contributed by atoms with Gasteiger partial charge < -0.3 is 9.47 Å². The minimum Gasteiger partial charge on any atom is -0.377 e. The molecule has 0 atom stereocenters. The van der Waals surface area contributed by atoms with Crippen LogP contribution in [0.15, 0.2) is 36.4 Å². The van der Waals surface area contributed by atoms with Crippen LogP contribution in [-0.4, -0.2) is 21.3 Å². The Hall–Kier alpha value is -2.70. The van der Waals surface area contributed by atoms with Gasteiger partial charge in [0.25, 0.3) is 0 Å². The molecule has 0 saturated heterocycles. The summed E-state index contributed by atoms with van der Waals surface area (Å²) in [4.78, 5) is 2.83. The van der Waals surface area contributed by atoms with Crippen LogP contribution in [0.2, 0.25) is 16.6 Å². The quantitative estimate of drug-likeness (QED) is 0.0715. The summed E-state index contributed by atoms with van der Waals surface area (Å²) in [6.45, 7) is 21.3. The van der Waals surface area contributed by atoms with Gasteiger partial charge >= 0.3 is 0 Å². The van der Waals surface area contributed by atoms with E-state index in [1.807, 2.05) is 6.07 Å². The van der Waals surface area contributed by atoms with Gasteiger partial charge in [-0.3, -0.25) is 0 Å². The first kappa shape index (κ1) is 44.5. The van der Waals surface area contributed by atoms with Crippen molar-refractivity contribution in [3.8, 4) is 45.9 Å². The van der Waals surface area contributed by atoms with E-state index in [9.17, 15) is 0 Å². The average Bonchev–Trinajstić information content (AvgIpc) is 3.09. The van der Waals surface area contributed by atoms with Crippen molar-refractivity contribution in [1.29, 1.82) is 0 Å². The summed E-state index contributed by atoms with van der Waals surface area (Å²) < 4.78 is 12.1. The van der Waals surface area contributed by atoms with Crippen LogP contribution >= 0.6 is 15.9 Å². The summed E-state index contributed by atoms with van der Waals surface area (Å²) in [5.41, 5.74) is 11.5. The predicted octanol–water partition coefficient (Wildman–Crippen LogP) is 13.1. The van der Waals surface area contributed by atoms with E-state index in [1.54, 1.807) is 0 Å². The molecule has 0 aromatic heterocycles. The van der Waals surface area contributed by atoms with Crippen LogP contribution in [0.4, 0.5) is 0 Å². The first-order valence-corrected chi connectivity index (χ1v) is 22.8. The SMILES string of the molecule is CCCCCCCCOCc1cc(C#CBr)cc(C#CC#Cc2cc(C#C[Si](C(C)C)(C(C)C)C(C)C)cc(COCCCCCCCC)c2)c1. The number of unbranched alkanes of at least 4 members (excludes halogenated alkanes) is 10. The van der Waals surface area contributed by atoms with Crippen LogP contribution in [0, 0.1) is 45.9 Å². The molecule has 2 aromatic rings. The molecule has 2 rings (SSSR count). The molecule has 51 heavy (non-hydrogen) atoms. The fourth-order valence-electron chi connectivity index (χ4n) is 7.06. The number of halogens is 1. The Morgan fingerprint density at radius 1 is 0.510 bits per heavy atom.